The average Bonchev–Trinajstić information content (AvgIpc) is 2.83. The Morgan fingerprint density at radius 1 is 1.50 bits per heavy atom. The van der Waals surface area contributed by atoms with Crippen LogP contribution in [-0.2, 0) is 0 Å². The standard InChI is InChI=1S/C11H13N3OSe/c1-7(15)10-9(13)8(6-12)11(16-10)14-4-2-3-5-14/h2-5,13H2,1H3. The molecule has 2 heterocycles. The SMILES string of the molecule is CC(=O)c1[se]c(N2CCCC2)c(C#N)c1N. The molecule has 84 valence electrons. The van der Waals surface area contributed by atoms with Gasteiger partial charge in [0.25, 0.3) is 0 Å². The van der Waals surface area contributed by atoms with Crippen molar-refractivity contribution in [3.05, 3.63) is 10.0 Å². The Labute approximate surface area is 100 Å². The van der Waals surface area contributed by atoms with Gasteiger partial charge in [0.15, 0.2) is 0 Å². The molecule has 0 atom stereocenters. The summed E-state index contributed by atoms with van der Waals surface area (Å²) in [6.45, 7) is 3.49. The fourth-order valence-electron chi connectivity index (χ4n) is 1.94. The van der Waals surface area contributed by atoms with Crippen molar-refractivity contribution in [2.75, 3.05) is 23.7 Å². The summed E-state index contributed by atoms with van der Waals surface area (Å²) >= 11 is -0.0781. The van der Waals surface area contributed by atoms with Crippen molar-refractivity contribution >= 4 is 30.5 Å². The second-order valence-electron chi connectivity index (χ2n) is 3.89. The molecule has 0 unspecified atom stereocenters. The van der Waals surface area contributed by atoms with Gasteiger partial charge in [-0.3, -0.25) is 0 Å². The summed E-state index contributed by atoms with van der Waals surface area (Å²) in [5.74, 6) is -0.000512. The van der Waals surface area contributed by atoms with Gasteiger partial charge < -0.3 is 0 Å². The molecule has 1 fully saturated rings. The molecule has 2 N–H and O–H groups in total. The van der Waals surface area contributed by atoms with E-state index in [2.05, 4.69) is 11.0 Å². The fourth-order valence-corrected chi connectivity index (χ4v) is 4.29. The summed E-state index contributed by atoms with van der Waals surface area (Å²) in [5, 5.41) is 9.12. The van der Waals surface area contributed by atoms with Crippen LogP contribution in [0.25, 0.3) is 0 Å². The van der Waals surface area contributed by atoms with Crippen LogP contribution in [-0.4, -0.2) is 33.4 Å². The summed E-state index contributed by atoms with van der Waals surface area (Å²) in [7, 11) is 0. The minimum atomic E-state index is -0.0781. The van der Waals surface area contributed by atoms with Gasteiger partial charge in [0, 0.05) is 0 Å². The molecule has 2 rings (SSSR count). The van der Waals surface area contributed by atoms with Crippen molar-refractivity contribution in [1.29, 1.82) is 5.26 Å². The number of nitriles is 1. The number of rotatable bonds is 2. The van der Waals surface area contributed by atoms with Crippen LogP contribution in [0.1, 0.15) is 34.6 Å². The Morgan fingerprint density at radius 2 is 2.12 bits per heavy atom. The average molecular weight is 282 g/mol. The van der Waals surface area contributed by atoms with Gasteiger partial charge in [0.2, 0.25) is 0 Å². The van der Waals surface area contributed by atoms with Gasteiger partial charge in [0.05, 0.1) is 0 Å². The molecule has 0 radical (unpaired) electrons. The number of carbonyl (C=O) groups is 1. The second-order valence-corrected chi connectivity index (χ2v) is 5.98. The summed E-state index contributed by atoms with van der Waals surface area (Å²) in [5.41, 5.74) is 6.81. The van der Waals surface area contributed by atoms with Crippen molar-refractivity contribution in [3.8, 4) is 6.07 Å². The van der Waals surface area contributed by atoms with Crippen molar-refractivity contribution < 1.29 is 4.79 Å². The Hall–Kier alpha value is -1.24. The third-order valence-electron chi connectivity index (χ3n) is 2.75. The van der Waals surface area contributed by atoms with Crippen LogP contribution in [0.4, 0.5) is 10.2 Å². The van der Waals surface area contributed by atoms with Gasteiger partial charge in [-0.1, -0.05) is 0 Å². The Bertz CT molecular complexity index is 466. The second kappa shape index (κ2) is 4.32. The van der Waals surface area contributed by atoms with Crippen LogP contribution in [0, 0.1) is 11.3 Å². The number of nitrogens with zero attached hydrogens (tertiary/aromatic N) is 2. The quantitative estimate of drug-likeness (QED) is 0.649. The Kier molecular flexibility index (Phi) is 3.04. The predicted molar refractivity (Wildman–Crippen MR) is 64.0 cm³/mol. The molecule has 0 amide bonds. The molecule has 1 aromatic heterocycles. The van der Waals surface area contributed by atoms with Crippen LogP contribution in [0.15, 0.2) is 0 Å². The zero-order chi connectivity index (χ0) is 11.7. The van der Waals surface area contributed by atoms with E-state index in [1.807, 2.05) is 0 Å². The van der Waals surface area contributed by atoms with Crippen LogP contribution < -0.4 is 10.6 Å². The number of hydrogen-bond acceptors (Lipinski definition) is 4. The van der Waals surface area contributed by atoms with E-state index in [4.69, 9.17) is 11.0 Å². The van der Waals surface area contributed by atoms with E-state index in [1.165, 1.54) is 6.92 Å². The molecule has 1 aliphatic heterocycles. The van der Waals surface area contributed by atoms with Gasteiger partial charge in [-0.15, -0.1) is 0 Å². The number of carbonyl (C=O) groups excluding carboxylic acids is 1. The molecule has 1 saturated heterocycles. The van der Waals surface area contributed by atoms with Crippen molar-refractivity contribution in [1.82, 2.24) is 0 Å². The molecule has 0 aromatic carbocycles. The van der Waals surface area contributed by atoms with Crippen molar-refractivity contribution in [3.63, 3.8) is 0 Å². The Morgan fingerprint density at radius 3 is 2.62 bits per heavy atom. The monoisotopic (exact) mass is 283 g/mol. The number of hydrogen-bond donors (Lipinski definition) is 1. The molecule has 4 nitrogen and oxygen atoms in total. The van der Waals surface area contributed by atoms with Gasteiger partial charge in [-0.2, -0.15) is 0 Å². The van der Waals surface area contributed by atoms with E-state index < -0.39 is 0 Å². The van der Waals surface area contributed by atoms with Crippen LogP contribution in [0.5, 0.6) is 0 Å². The summed E-state index contributed by atoms with van der Waals surface area (Å²) in [4.78, 5) is 13.6. The van der Waals surface area contributed by atoms with Gasteiger partial charge >= 0.3 is 100 Å². The van der Waals surface area contributed by atoms with E-state index in [0.29, 0.717) is 15.7 Å². The first-order valence-electron chi connectivity index (χ1n) is 5.23. The Balaban J connectivity index is 2.48. The topological polar surface area (TPSA) is 70.1 Å². The predicted octanol–water partition coefficient (Wildman–Crippen LogP) is 1.00. The molecule has 0 saturated carbocycles. The van der Waals surface area contributed by atoms with E-state index in [1.54, 1.807) is 0 Å². The molecular weight excluding hydrogens is 269 g/mol. The molecule has 0 bridgehead atoms. The first kappa shape index (κ1) is 11.3. The number of Topliss-reactive ketones (excluding diaryl/α,β-unsaturated/α-hetero) is 1. The van der Waals surface area contributed by atoms with Gasteiger partial charge in [-0.25, -0.2) is 0 Å². The van der Waals surface area contributed by atoms with Crippen LogP contribution >= 0.6 is 0 Å². The summed E-state index contributed by atoms with van der Waals surface area (Å²) in [6, 6.07) is 2.14. The van der Waals surface area contributed by atoms with Crippen molar-refractivity contribution in [2.45, 2.75) is 19.8 Å². The number of anilines is 2. The van der Waals surface area contributed by atoms with E-state index in [9.17, 15) is 4.79 Å². The molecular formula is C11H13N3OSe. The van der Waals surface area contributed by atoms with E-state index in [-0.39, 0.29) is 20.3 Å². The molecule has 1 aliphatic rings. The summed E-state index contributed by atoms with van der Waals surface area (Å²) < 4.78 is 1.67. The maximum atomic E-state index is 11.4. The number of nitrogens with two attached hydrogens (primary N) is 1. The van der Waals surface area contributed by atoms with Crippen LogP contribution in [0.2, 0.25) is 0 Å². The van der Waals surface area contributed by atoms with Crippen molar-refractivity contribution in [2.24, 2.45) is 0 Å². The van der Waals surface area contributed by atoms with Gasteiger partial charge in [-0.05, 0) is 0 Å². The van der Waals surface area contributed by atoms with Gasteiger partial charge in [0.1, 0.15) is 0 Å². The first-order valence-corrected chi connectivity index (χ1v) is 6.94. The summed E-state index contributed by atoms with van der Waals surface area (Å²) in [6.07, 6.45) is 2.32. The zero-order valence-corrected chi connectivity index (χ0v) is 10.8. The molecule has 1 aromatic rings. The van der Waals surface area contributed by atoms with Crippen LogP contribution in [0.3, 0.4) is 0 Å². The van der Waals surface area contributed by atoms with E-state index >= 15 is 0 Å². The normalized spacial score (nSPS) is 15.1. The molecule has 16 heavy (non-hydrogen) atoms. The molecule has 0 spiro atoms. The fraction of sp³-hybridized carbons (Fsp3) is 0.455. The molecule has 5 heteroatoms. The number of ketones is 1. The zero-order valence-electron chi connectivity index (χ0n) is 9.12. The minimum absolute atomic E-state index is 0.000512. The third-order valence-corrected chi connectivity index (χ3v) is 5.62. The first-order chi connectivity index (χ1) is 7.65. The maximum absolute atomic E-state index is 11.4. The van der Waals surface area contributed by atoms with E-state index in [0.717, 1.165) is 30.5 Å². The number of nitrogen functional groups attached to an aromatic ring is 1. The molecule has 0 aliphatic carbocycles. The third kappa shape index (κ3) is 1.75.